The Morgan fingerprint density at radius 2 is 0.873 bits per heavy atom. The van der Waals surface area contributed by atoms with Gasteiger partial charge in [0.15, 0.2) is 0 Å². The molecule has 3 aromatic heterocycles. The first-order valence-electron chi connectivity index (χ1n) is 19.3. The summed E-state index contributed by atoms with van der Waals surface area (Å²) < 4.78 is 7.44. The molecule has 0 bridgehead atoms. The molecule has 11 aromatic rings. The maximum atomic E-state index is 2.42. The van der Waals surface area contributed by atoms with Crippen LogP contribution in [0.1, 0.15) is 31.7 Å². The van der Waals surface area contributed by atoms with Gasteiger partial charge >= 0.3 is 0 Å². The summed E-state index contributed by atoms with van der Waals surface area (Å²) in [5, 5.41) is 7.73. The summed E-state index contributed by atoms with van der Waals surface area (Å²) in [6, 6.07) is 65.4. The van der Waals surface area contributed by atoms with Gasteiger partial charge in [0.05, 0.1) is 22.1 Å². The average Bonchev–Trinajstić information content (AvgIpc) is 3.90. The fourth-order valence-corrected chi connectivity index (χ4v) is 9.85. The Morgan fingerprint density at radius 1 is 0.400 bits per heavy atom. The highest BCUT2D eigenvalue weighted by atomic mass is 32.1. The Hall–Kier alpha value is -6.42. The van der Waals surface area contributed by atoms with E-state index in [0.717, 1.165) is 6.42 Å². The van der Waals surface area contributed by atoms with Crippen molar-refractivity contribution in [3.63, 3.8) is 0 Å². The van der Waals surface area contributed by atoms with E-state index in [1.54, 1.807) is 0 Å². The second kappa shape index (κ2) is 12.6. The molecule has 262 valence electrons. The van der Waals surface area contributed by atoms with Gasteiger partial charge < -0.3 is 9.13 Å². The molecular weight excluding hydrogens is 685 g/mol. The Labute approximate surface area is 324 Å². The molecule has 0 saturated heterocycles. The van der Waals surface area contributed by atoms with Gasteiger partial charge in [0.25, 0.3) is 0 Å². The van der Waals surface area contributed by atoms with E-state index in [9.17, 15) is 0 Å². The lowest BCUT2D eigenvalue weighted by molar-refractivity contribution is 0.733. The first kappa shape index (κ1) is 32.0. The molecule has 0 spiro atoms. The first-order valence-corrected chi connectivity index (χ1v) is 20.1. The molecule has 1 unspecified atom stereocenters. The molecule has 3 heteroatoms. The molecule has 11 rings (SSSR count). The molecular formula is C52H38N2S. The number of thiophene rings is 1. The largest absolute Gasteiger partial charge is 0.309 e. The van der Waals surface area contributed by atoms with E-state index in [0.29, 0.717) is 5.92 Å². The van der Waals surface area contributed by atoms with Crippen molar-refractivity contribution in [3.05, 3.63) is 181 Å². The van der Waals surface area contributed by atoms with E-state index in [1.807, 2.05) is 11.3 Å². The summed E-state index contributed by atoms with van der Waals surface area (Å²) in [5.41, 5.74) is 13.6. The van der Waals surface area contributed by atoms with Crippen molar-refractivity contribution in [2.75, 3.05) is 0 Å². The molecule has 55 heavy (non-hydrogen) atoms. The smallest absolute Gasteiger partial charge is 0.0541 e. The Balaban J connectivity index is 1.01. The summed E-state index contributed by atoms with van der Waals surface area (Å²) >= 11 is 1.88. The molecule has 0 aliphatic heterocycles. The minimum atomic E-state index is 0.558. The zero-order chi connectivity index (χ0) is 36.6. The van der Waals surface area contributed by atoms with Crippen LogP contribution in [0, 0.1) is 0 Å². The van der Waals surface area contributed by atoms with Crippen LogP contribution in [0.2, 0.25) is 0 Å². The van der Waals surface area contributed by atoms with Crippen LogP contribution in [0.3, 0.4) is 0 Å². The number of fused-ring (bicyclic) bond motifs is 9. The van der Waals surface area contributed by atoms with Crippen molar-refractivity contribution >= 4 is 75.1 Å². The van der Waals surface area contributed by atoms with Crippen molar-refractivity contribution in [3.8, 4) is 33.6 Å². The number of benzene rings is 8. The van der Waals surface area contributed by atoms with Gasteiger partial charge in [0.2, 0.25) is 0 Å². The van der Waals surface area contributed by atoms with Crippen LogP contribution in [-0.2, 0) is 0 Å². The lowest BCUT2D eigenvalue weighted by Gasteiger charge is -2.12. The molecule has 0 amide bonds. The van der Waals surface area contributed by atoms with Gasteiger partial charge in [-0.25, -0.2) is 0 Å². The van der Waals surface area contributed by atoms with Crippen LogP contribution in [0.4, 0.5) is 0 Å². The van der Waals surface area contributed by atoms with Crippen molar-refractivity contribution in [1.29, 1.82) is 0 Å². The maximum absolute atomic E-state index is 2.42. The van der Waals surface area contributed by atoms with Crippen LogP contribution in [0.5, 0.6) is 0 Å². The number of hydrogen-bond donors (Lipinski definition) is 0. The van der Waals surface area contributed by atoms with E-state index in [-0.39, 0.29) is 0 Å². The van der Waals surface area contributed by atoms with Crippen molar-refractivity contribution in [1.82, 2.24) is 9.13 Å². The predicted molar refractivity (Wildman–Crippen MR) is 238 cm³/mol. The Bertz CT molecular complexity index is 3210. The highest BCUT2D eigenvalue weighted by Gasteiger charge is 2.16. The lowest BCUT2D eigenvalue weighted by Crippen LogP contribution is -1.96. The SMILES string of the molecule is CCC(C)c1ccc(-n2c3ccccc3c3cc(-c4ccc5sc6ccc(-c7cccc(-n8c9ccccc9c9ccccc98)c7)cc6c5c4)ccc32)cc1. The van der Waals surface area contributed by atoms with Crippen molar-refractivity contribution in [2.24, 2.45) is 0 Å². The molecule has 0 N–H and O–H groups in total. The zero-order valence-corrected chi connectivity index (χ0v) is 31.6. The van der Waals surface area contributed by atoms with Crippen LogP contribution < -0.4 is 0 Å². The number of hydrogen-bond acceptors (Lipinski definition) is 1. The summed E-state index contributed by atoms with van der Waals surface area (Å²) in [6.07, 6.45) is 1.14. The number of rotatable bonds is 6. The second-order valence-corrected chi connectivity index (χ2v) is 16.0. The monoisotopic (exact) mass is 722 g/mol. The summed E-state index contributed by atoms with van der Waals surface area (Å²) in [6.45, 7) is 4.56. The van der Waals surface area contributed by atoms with Crippen LogP contribution in [-0.4, -0.2) is 9.13 Å². The molecule has 0 fully saturated rings. The second-order valence-electron chi connectivity index (χ2n) is 14.9. The van der Waals surface area contributed by atoms with Crippen LogP contribution in [0.15, 0.2) is 176 Å². The molecule has 0 saturated carbocycles. The number of nitrogens with zero attached hydrogens (tertiary/aromatic N) is 2. The Morgan fingerprint density at radius 3 is 1.45 bits per heavy atom. The third-order valence-corrected chi connectivity index (χ3v) is 13.0. The van der Waals surface area contributed by atoms with Gasteiger partial charge in [0.1, 0.15) is 0 Å². The van der Waals surface area contributed by atoms with Gasteiger partial charge in [-0.1, -0.05) is 111 Å². The minimum absolute atomic E-state index is 0.558. The standard InChI is InChI=1S/C52H38N2S/c1-3-33(2)34-19-24-39(25-20-34)53-49-18-9-6-15-43(49)44-30-36(21-26-50(44)53)38-23-28-52-46(32-38)45-31-37(22-27-51(45)55-52)35-11-10-12-40(29-35)54-47-16-7-4-13-41(47)42-14-5-8-17-48(42)54/h4-33H,3H2,1-2H3. The van der Waals surface area contributed by atoms with Gasteiger partial charge in [-0.3, -0.25) is 0 Å². The quantitative estimate of drug-likeness (QED) is 0.162. The van der Waals surface area contributed by atoms with Gasteiger partial charge in [0, 0.05) is 53.1 Å². The molecule has 0 aliphatic rings. The predicted octanol–water partition coefficient (Wildman–Crippen LogP) is 15.1. The third-order valence-electron chi connectivity index (χ3n) is 11.8. The van der Waals surface area contributed by atoms with E-state index >= 15 is 0 Å². The number of para-hydroxylation sites is 3. The zero-order valence-electron chi connectivity index (χ0n) is 30.8. The topological polar surface area (TPSA) is 9.86 Å². The molecule has 2 nitrogen and oxygen atoms in total. The highest BCUT2D eigenvalue weighted by Crippen LogP contribution is 2.41. The molecule has 1 atom stereocenters. The summed E-state index contributed by atoms with van der Waals surface area (Å²) in [4.78, 5) is 0. The molecule has 0 aliphatic carbocycles. The summed E-state index contributed by atoms with van der Waals surface area (Å²) in [5.74, 6) is 0.558. The molecule has 3 heterocycles. The highest BCUT2D eigenvalue weighted by molar-refractivity contribution is 7.25. The van der Waals surface area contributed by atoms with Gasteiger partial charge in [-0.15, -0.1) is 11.3 Å². The van der Waals surface area contributed by atoms with E-state index in [4.69, 9.17) is 0 Å². The minimum Gasteiger partial charge on any atom is -0.309 e. The van der Waals surface area contributed by atoms with E-state index < -0.39 is 0 Å². The first-order chi connectivity index (χ1) is 27.1. The number of aromatic nitrogens is 2. The summed E-state index contributed by atoms with van der Waals surface area (Å²) in [7, 11) is 0. The average molecular weight is 723 g/mol. The Kier molecular flexibility index (Phi) is 7.33. The fraction of sp³-hybridized carbons (Fsp3) is 0.0769. The van der Waals surface area contributed by atoms with Crippen LogP contribution >= 0.6 is 11.3 Å². The maximum Gasteiger partial charge on any atom is 0.0541 e. The van der Waals surface area contributed by atoms with Crippen LogP contribution in [0.25, 0.3) is 97.4 Å². The molecule has 0 radical (unpaired) electrons. The van der Waals surface area contributed by atoms with Crippen molar-refractivity contribution in [2.45, 2.75) is 26.2 Å². The van der Waals surface area contributed by atoms with Crippen molar-refractivity contribution < 1.29 is 0 Å². The molecule has 8 aromatic carbocycles. The fourth-order valence-electron chi connectivity index (χ4n) is 8.78. The van der Waals surface area contributed by atoms with Gasteiger partial charge in [-0.05, 0) is 119 Å². The third kappa shape index (κ3) is 5.07. The lowest BCUT2D eigenvalue weighted by atomic mass is 9.98. The van der Waals surface area contributed by atoms with Gasteiger partial charge in [-0.2, -0.15) is 0 Å². The van der Waals surface area contributed by atoms with E-state index in [2.05, 4.69) is 199 Å². The van der Waals surface area contributed by atoms with E-state index in [1.165, 1.54) is 103 Å². The normalized spacial score (nSPS) is 12.5.